The van der Waals surface area contributed by atoms with Crippen molar-refractivity contribution in [2.45, 2.75) is 45.4 Å². The highest BCUT2D eigenvalue weighted by Crippen LogP contribution is 2.52. The number of aromatic amines is 1. The van der Waals surface area contributed by atoms with Crippen LogP contribution in [0.3, 0.4) is 0 Å². The topological polar surface area (TPSA) is 69.5 Å². The number of rotatable bonds is 1. The SMILES string of the molecule is CC1(C)CC(=O)C2=C(Cc3[nH]nc(F)c3[C@]2(C)c2cccc(C#N)c2)C1. The Kier molecular flexibility index (Phi) is 3.46. The quantitative estimate of drug-likeness (QED) is 0.847. The van der Waals surface area contributed by atoms with Gasteiger partial charge in [-0.2, -0.15) is 9.65 Å². The summed E-state index contributed by atoms with van der Waals surface area (Å²) in [6.45, 7) is 6.06. The lowest BCUT2D eigenvalue weighted by molar-refractivity contribution is -0.118. The second-order valence-electron chi connectivity index (χ2n) is 8.28. The van der Waals surface area contributed by atoms with E-state index in [1.165, 1.54) is 0 Å². The Hall–Kier alpha value is -2.74. The van der Waals surface area contributed by atoms with Crippen LogP contribution >= 0.6 is 0 Å². The van der Waals surface area contributed by atoms with Crippen molar-refractivity contribution < 1.29 is 9.18 Å². The summed E-state index contributed by atoms with van der Waals surface area (Å²) in [7, 11) is 0. The third kappa shape index (κ3) is 2.25. The molecule has 132 valence electrons. The van der Waals surface area contributed by atoms with E-state index in [0.29, 0.717) is 29.5 Å². The van der Waals surface area contributed by atoms with Gasteiger partial charge in [0.1, 0.15) is 0 Å². The number of carbonyl (C=O) groups is 1. The van der Waals surface area contributed by atoms with Crippen LogP contribution in [0.5, 0.6) is 0 Å². The largest absolute Gasteiger partial charge is 0.294 e. The number of Topliss-reactive ketones (excluding diaryl/α,β-unsaturated/α-hetero) is 1. The lowest BCUT2D eigenvalue weighted by atomic mass is 9.58. The van der Waals surface area contributed by atoms with Crippen molar-refractivity contribution in [3.8, 4) is 6.07 Å². The average Bonchev–Trinajstić information content (AvgIpc) is 2.94. The summed E-state index contributed by atoms with van der Waals surface area (Å²) in [5.41, 5.74) is 3.06. The Morgan fingerprint density at radius 3 is 2.77 bits per heavy atom. The molecule has 1 aromatic heterocycles. The number of hydrogen-bond acceptors (Lipinski definition) is 3. The number of ketones is 1. The molecule has 4 rings (SSSR count). The molecule has 26 heavy (non-hydrogen) atoms. The van der Waals surface area contributed by atoms with E-state index in [1.807, 2.05) is 13.0 Å². The number of benzene rings is 1. The third-order valence-electron chi connectivity index (χ3n) is 5.72. The number of allylic oxidation sites excluding steroid dienone is 2. The highest BCUT2D eigenvalue weighted by Gasteiger charge is 2.49. The molecule has 1 aromatic carbocycles. The predicted octanol–water partition coefficient (Wildman–Crippen LogP) is 3.97. The molecular formula is C21H20FN3O. The van der Waals surface area contributed by atoms with Crippen LogP contribution in [-0.2, 0) is 16.6 Å². The van der Waals surface area contributed by atoms with Crippen LogP contribution in [-0.4, -0.2) is 16.0 Å². The van der Waals surface area contributed by atoms with Crippen LogP contribution in [0.1, 0.15) is 56.0 Å². The van der Waals surface area contributed by atoms with E-state index in [0.717, 1.165) is 23.3 Å². The maximum absolute atomic E-state index is 14.7. The summed E-state index contributed by atoms with van der Waals surface area (Å²) in [6.07, 6.45) is 1.75. The summed E-state index contributed by atoms with van der Waals surface area (Å²) in [5, 5.41) is 15.9. The molecule has 0 unspecified atom stereocenters. The van der Waals surface area contributed by atoms with Gasteiger partial charge in [0.05, 0.1) is 17.0 Å². The first kappa shape index (κ1) is 16.7. The molecule has 0 saturated carbocycles. The second-order valence-corrected chi connectivity index (χ2v) is 8.28. The van der Waals surface area contributed by atoms with Gasteiger partial charge in [-0.25, -0.2) is 0 Å². The van der Waals surface area contributed by atoms with E-state index in [-0.39, 0.29) is 11.2 Å². The normalized spacial score (nSPS) is 24.0. The fraction of sp³-hybridized carbons (Fsp3) is 0.381. The number of H-pyrrole nitrogens is 1. The predicted molar refractivity (Wildman–Crippen MR) is 94.9 cm³/mol. The Labute approximate surface area is 151 Å². The Morgan fingerprint density at radius 1 is 1.27 bits per heavy atom. The monoisotopic (exact) mass is 349 g/mol. The maximum atomic E-state index is 14.7. The summed E-state index contributed by atoms with van der Waals surface area (Å²) in [6, 6.07) is 9.24. The van der Waals surface area contributed by atoms with Gasteiger partial charge in [-0.1, -0.05) is 31.6 Å². The number of hydrogen-bond donors (Lipinski definition) is 1. The van der Waals surface area contributed by atoms with Crippen LogP contribution in [0.15, 0.2) is 35.4 Å². The Bertz CT molecular complexity index is 1010. The molecule has 0 aliphatic heterocycles. The number of aromatic nitrogens is 2. The van der Waals surface area contributed by atoms with Gasteiger partial charge in [-0.3, -0.25) is 9.89 Å². The minimum atomic E-state index is -0.944. The molecule has 0 amide bonds. The minimum absolute atomic E-state index is 0.0624. The molecule has 5 heteroatoms. The van der Waals surface area contributed by atoms with Crippen LogP contribution in [0.2, 0.25) is 0 Å². The molecule has 2 aromatic rings. The van der Waals surface area contributed by atoms with Gasteiger partial charge in [-0.15, -0.1) is 5.10 Å². The molecular weight excluding hydrogens is 329 g/mol. The molecule has 2 aliphatic carbocycles. The van der Waals surface area contributed by atoms with Gasteiger partial charge in [0, 0.05) is 29.7 Å². The molecule has 1 N–H and O–H groups in total. The average molecular weight is 349 g/mol. The first-order chi connectivity index (χ1) is 12.3. The van der Waals surface area contributed by atoms with Crippen LogP contribution in [0.25, 0.3) is 0 Å². The van der Waals surface area contributed by atoms with Crippen molar-refractivity contribution in [3.63, 3.8) is 0 Å². The minimum Gasteiger partial charge on any atom is -0.294 e. The fourth-order valence-corrected chi connectivity index (χ4v) is 4.75. The third-order valence-corrected chi connectivity index (χ3v) is 5.72. The van der Waals surface area contributed by atoms with Crippen molar-refractivity contribution in [1.29, 1.82) is 5.26 Å². The van der Waals surface area contributed by atoms with Crippen molar-refractivity contribution in [1.82, 2.24) is 10.2 Å². The number of carbonyl (C=O) groups excluding carboxylic acids is 1. The maximum Gasteiger partial charge on any atom is 0.237 e. The first-order valence-electron chi connectivity index (χ1n) is 8.76. The van der Waals surface area contributed by atoms with Crippen LogP contribution in [0, 0.1) is 22.7 Å². The highest BCUT2D eigenvalue weighted by atomic mass is 19.1. The lowest BCUT2D eigenvalue weighted by Crippen LogP contribution is -2.41. The first-order valence-corrected chi connectivity index (χ1v) is 8.76. The van der Waals surface area contributed by atoms with Crippen molar-refractivity contribution in [2.75, 3.05) is 0 Å². The molecule has 2 aliphatic rings. The van der Waals surface area contributed by atoms with Crippen molar-refractivity contribution in [2.24, 2.45) is 5.41 Å². The lowest BCUT2D eigenvalue weighted by Gasteiger charge is -2.43. The van der Waals surface area contributed by atoms with E-state index in [9.17, 15) is 14.4 Å². The van der Waals surface area contributed by atoms with Gasteiger partial charge >= 0.3 is 0 Å². The van der Waals surface area contributed by atoms with E-state index >= 15 is 0 Å². The molecule has 1 heterocycles. The van der Waals surface area contributed by atoms with E-state index < -0.39 is 11.4 Å². The summed E-state index contributed by atoms with van der Waals surface area (Å²) in [4.78, 5) is 13.2. The second kappa shape index (κ2) is 5.38. The Balaban J connectivity index is 2.03. The summed E-state index contributed by atoms with van der Waals surface area (Å²) >= 11 is 0. The zero-order valence-electron chi connectivity index (χ0n) is 15.1. The highest BCUT2D eigenvalue weighted by molar-refractivity contribution is 6.01. The molecule has 0 spiro atoms. The zero-order valence-corrected chi connectivity index (χ0v) is 15.1. The van der Waals surface area contributed by atoms with Gasteiger partial charge in [-0.05, 0) is 36.5 Å². The molecule has 0 fully saturated rings. The molecule has 4 nitrogen and oxygen atoms in total. The standard InChI is InChI=1S/C21H20FN3O/c1-20(2)9-13-8-15-18(19(22)25-24-15)21(3,17(13)16(26)10-20)14-6-4-5-12(7-14)11-23/h4-7H,8-10H2,1-3H3,(H,24,25)/t21-/m1/s1. The number of nitriles is 1. The molecule has 1 atom stereocenters. The van der Waals surface area contributed by atoms with Crippen molar-refractivity contribution >= 4 is 5.78 Å². The summed E-state index contributed by atoms with van der Waals surface area (Å²) < 4.78 is 14.7. The summed E-state index contributed by atoms with van der Waals surface area (Å²) in [5.74, 6) is -0.513. The van der Waals surface area contributed by atoms with Crippen LogP contribution in [0.4, 0.5) is 4.39 Å². The Morgan fingerprint density at radius 2 is 2.04 bits per heavy atom. The number of nitrogens with zero attached hydrogens (tertiary/aromatic N) is 2. The van der Waals surface area contributed by atoms with Gasteiger partial charge < -0.3 is 0 Å². The van der Waals surface area contributed by atoms with Crippen LogP contribution < -0.4 is 0 Å². The molecule has 0 saturated heterocycles. The number of nitrogens with one attached hydrogen (secondary N) is 1. The smallest absolute Gasteiger partial charge is 0.237 e. The zero-order chi connectivity index (χ0) is 18.7. The van der Waals surface area contributed by atoms with E-state index in [1.54, 1.807) is 18.2 Å². The molecule has 0 radical (unpaired) electrons. The van der Waals surface area contributed by atoms with Gasteiger partial charge in [0.15, 0.2) is 5.78 Å². The van der Waals surface area contributed by atoms with Crippen molar-refractivity contribution in [3.05, 3.63) is 63.7 Å². The number of halogens is 1. The number of fused-ring (bicyclic) bond motifs is 1. The van der Waals surface area contributed by atoms with E-state index in [4.69, 9.17) is 0 Å². The van der Waals surface area contributed by atoms with E-state index in [2.05, 4.69) is 30.1 Å². The van der Waals surface area contributed by atoms with Gasteiger partial charge in [0.2, 0.25) is 5.95 Å². The fourth-order valence-electron chi connectivity index (χ4n) is 4.75. The molecule has 0 bridgehead atoms. The van der Waals surface area contributed by atoms with Gasteiger partial charge in [0.25, 0.3) is 0 Å².